The first kappa shape index (κ1) is 29.0. The summed E-state index contributed by atoms with van der Waals surface area (Å²) in [6, 6.07) is 4.94. The van der Waals surface area contributed by atoms with Crippen LogP contribution in [0.3, 0.4) is 0 Å². The monoisotopic (exact) mass is 571 g/mol. The normalized spacial score (nSPS) is 15.3. The maximum absolute atomic E-state index is 13.3. The van der Waals surface area contributed by atoms with Crippen molar-refractivity contribution in [3.05, 3.63) is 57.3 Å². The number of carbonyl (C=O) groups excluding carboxylic acids is 2. The SMILES string of the molecule is Cc1ncc(Cl)cc1N[C@@H](C)c1ccc(C(=O)N[C@@H](CC2CCCC2)C(=O)Nc2cnn(CCN(C)C)c2)s1. The molecule has 1 saturated carbocycles. The lowest BCUT2D eigenvalue weighted by molar-refractivity contribution is -0.118. The van der Waals surface area contributed by atoms with E-state index in [1.807, 2.05) is 57.0 Å². The van der Waals surface area contributed by atoms with Gasteiger partial charge in [-0.25, -0.2) is 0 Å². The van der Waals surface area contributed by atoms with Crippen molar-refractivity contribution in [2.45, 2.75) is 64.6 Å². The number of thiophene rings is 1. The third-order valence-electron chi connectivity index (χ3n) is 7.05. The standard InChI is InChI=1S/C28H38ClN7O2S/c1-18-23(14-21(29)15-30-18)32-19(2)25-9-10-26(39-25)28(38)34-24(13-20-7-5-6-8-20)27(37)33-22-16-31-36(17-22)12-11-35(3)4/h9-10,14-17,19-20,24,32H,5-8,11-13H2,1-4H3,(H,33,37)(H,34,38)/t19-,24-/m0/s1. The van der Waals surface area contributed by atoms with Crippen LogP contribution in [0.1, 0.15) is 65.3 Å². The van der Waals surface area contributed by atoms with Crippen molar-refractivity contribution in [2.24, 2.45) is 5.92 Å². The van der Waals surface area contributed by atoms with Gasteiger partial charge in [-0.3, -0.25) is 19.3 Å². The third kappa shape index (κ3) is 8.27. The summed E-state index contributed by atoms with van der Waals surface area (Å²) in [5.74, 6) is -0.0152. The molecule has 2 amide bonds. The Balaban J connectivity index is 1.41. The lowest BCUT2D eigenvalue weighted by Crippen LogP contribution is -2.44. The molecule has 1 fully saturated rings. The van der Waals surface area contributed by atoms with E-state index in [4.69, 9.17) is 11.6 Å². The van der Waals surface area contributed by atoms with Gasteiger partial charge in [-0.1, -0.05) is 37.3 Å². The van der Waals surface area contributed by atoms with E-state index in [0.29, 0.717) is 27.9 Å². The average Bonchev–Trinajstić information content (AvgIpc) is 3.67. The topological polar surface area (TPSA) is 104 Å². The van der Waals surface area contributed by atoms with Crippen LogP contribution >= 0.6 is 22.9 Å². The maximum atomic E-state index is 13.3. The highest BCUT2D eigenvalue weighted by Gasteiger charge is 2.28. The molecule has 3 N–H and O–H groups in total. The maximum Gasteiger partial charge on any atom is 0.262 e. The van der Waals surface area contributed by atoms with E-state index in [0.717, 1.165) is 42.2 Å². The van der Waals surface area contributed by atoms with Crippen LogP contribution in [-0.4, -0.2) is 58.2 Å². The van der Waals surface area contributed by atoms with Gasteiger partial charge in [-0.15, -0.1) is 11.3 Å². The number of amides is 2. The first-order valence-electron chi connectivity index (χ1n) is 13.4. The van der Waals surface area contributed by atoms with Crippen molar-refractivity contribution < 1.29 is 9.59 Å². The van der Waals surface area contributed by atoms with Gasteiger partial charge < -0.3 is 20.9 Å². The number of halogens is 1. The Hall–Kier alpha value is -2.95. The Labute approximate surface area is 239 Å². The molecule has 11 heteroatoms. The van der Waals surface area contributed by atoms with Gasteiger partial charge in [-0.05, 0) is 58.5 Å². The number of carbonyl (C=O) groups is 2. The molecule has 9 nitrogen and oxygen atoms in total. The molecule has 39 heavy (non-hydrogen) atoms. The van der Waals surface area contributed by atoms with E-state index in [2.05, 4.69) is 30.9 Å². The van der Waals surface area contributed by atoms with Crippen LogP contribution in [0.5, 0.6) is 0 Å². The molecule has 0 unspecified atom stereocenters. The minimum absolute atomic E-state index is 0.0443. The first-order chi connectivity index (χ1) is 18.7. The quantitative estimate of drug-likeness (QED) is 0.271. The van der Waals surface area contributed by atoms with Crippen molar-refractivity contribution in [1.29, 1.82) is 0 Å². The molecule has 1 aliphatic rings. The molecule has 0 spiro atoms. The summed E-state index contributed by atoms with van der Waals surface area (Å²) in [5, 5.41) is 14.3. The Morgan fingerprint density at radius 1 is 1.23 bits per heavy atom. The highest BCUT2D eigenvalue weighted by atomic mass is 35.5. The van der Waals surface area contributed by atoms with E-state index in [1.165, 1.54) is 24.2 Å². The molecule has 0 saturated heterocycles. The average molecular weight is 572 g/mol. The third-order valence-corrected chi connectivity index (χ3v) is 8.52. The Morgan fingerprint density at radius 3 is 2.74 bits per heavy atom. The van der Waals surface area contributed by atoms with Crippen LogP contribution in [0.2, 0.25) is 5.02 Å². The van der Waals surface area contributed by atoms with Gasteiger partial charge in [-0.2, -0.15) is 5.10 Å². The van der Waals surface area contributed by atoms with E-state index in [1.54, 1.807) is 12.4 Å². The number of nitrogens with zero attached hydrogens (tertiary/aromatic N) is 4. The molecule has 0 radical (unpaired) electrons. The second-order valence-corrected chi connectivity index (χ2v) is 12.1. The molecular formula is C28H38ClN7O2S. The largest absolute Gasteiger partial charge is 0.376 e. The number of nitrogens with one attached hydrogen (secondary N) is 3. The minimum atomic E-state index is -0.619. The van der Waals surface area contributed by atoms with Crippen molar-refractivity contribution in [1.82, 2.24) is 25.0 Å². The van der Waals surface area contributed by atoms with Crippen molar-refractivity contribution in [3.63, 3.8) is 0 Å². The Morgan fingerprint density at radius 2 is 2.00 bits per heavy atom. The van der Waals surface area contributed by atoms with Gasteiger partial charge in [0, 0.05) is 23.8 Å². The molecule has 3 aromatic heterocycles. The lowest BCUT2D eigenvalue weighted by Gasteiger charge is -2.21. The van der Waals surface area contributed by atoms with Crippen LogP contribution < -0.4 is 16.0 Å². The predicted molar refractivity (Wildman–Crippen MR) is 158 cm³/mol. The number of aryl methyl sites for hydroxylation is 1. The fourth-order valence-corrected chi connectivity index (χ4v) is 5.86. The van der Waals surface area contributed by atoms with Crippen LogP contribution in [0, 0.1) is 12.8 Å². The predicted octanol–water partition coefficient (Wildman–Crippen LogP) is 5.35. The van der Waals surface area contributed by atoms with Gasteiger partial charge in [0.15, 0.2) is 0 Å². The van der Waals surface area contributed by atoms with E-state index < -0.39 is 6.04 Å². The van der Waals surface area contributed by atoms with Crippen LogP contribution in [0.15, 0.2) is 36.8 Å². The number of anilines is 2. The summed E-state index contributed by atoms with van der Waals surface area (Å²) < 4.78 is 1.81. The van der Waals surface area contributed by atoms with Crippen molar-refractivity contribution >= 4 is 46.1 Å². The van der Waals surface area contributed by atoms with Crippen LogP contribution in [0.4, 0.5) is 11.4 Å². The van der Waals surface area contributed by atoms with E-state index in [-0.39, 0.29) is 17.9 Å². The smallest absolute Gasteiger partial charge is 0.262 e. The number of pyridine rings is 1. The van der Waals surface area contributed by atoms with Gasteiger partial charge in [0.1, 0.15) is 6.04 Å². The number of hydrogen-bond acceptors (Lipinski definition) is 7. The van der Waals surface area contributed by atoms with Crippen LogP contribution in [0.25, 0.3) is 0 Å². The van der Waals surface area contributed by atoms with E-state index >= 15 is 0 Å². The molecular weight excluding hydrogens is 534 g/mol. The van der Waals surface area contributed by atoms with E-state index in [9.17, 15) is 9.59 Å². The highest BCUT2D eigenvalue weighted by Crippen LogP contribution is 2.30. The Kier molecular flexibility index (Phi) is 9.99. The number of likely N-dealkylation sites (N-methyl/N-ethyl adjacent to an activating group) is 1. The second-order valence-electron chi connectivity index (χ2n) is 10.6. The summed E-state index contributed by atoms with van der Waals surface area (Å²) >= 11 is 7.53. The molecule has 0 aliphatic heterocycles. The van der Waals surface area contributed by atoms with Crippen molar-refractivity contribution in [2.75, 3.05) is 31.3 Å². The van der Waals surface area contributed by atoms with Gasteiger partial charge in [0.05, 0.1) is 45.8 Å². The Bertz CT molecular complexity index is 1270. The molecule has 3 heterocycles. The molecule has 3 aromatic rings. The molecule has 4 rings (SSSR count). The molecule has 1 aliphatic carbocycles. The van der Waals surface area contributed by atoms with Crippen molar-refractivity contribution in [3.8, 4) is 0 Å². The van der Waals surface area contributed by atoms with Gasteiger partial charge >= 0.3 is 0 Å². The minimum Gasteiger partial charge on any atom is -0.376 e. The second kappa shape index (κ2) is 13.4. The van der Waals surface area contributed by atoms with Gasteiger partial charge in [0.25, 0.3) is 5.91 Å². The zero-order valence-corrected chi connectivity index (χ0v) is 24.6. The number of rotatable bonds is 12. The van der Waals surface area contributed by atoms with Crippen LogP contribution in [-0.2, 0) is 11.3 Å². The number of aromatic nitrogens is 3. The highest BCUT2D eigenvalue weighted by molar-refractivity contribution is 7.14. The number of hydrogen-bond donors (Lipinski definition) is 3. The summed E-state index contributed by atoms with van der Waals surface area (Å²) in [7, 11) is 4.02. The fourth-order valence-electron chi connectivity index (χ4n) is 4.79. The molecule has 0 aromatic carbocycles. The molecule has 2 atom stereocenters. The summed E-state index contributed by atoms with van der Waals surface area (Å²) in [4.78, 5) is 34.6. The zero-order chi connectivity index (χ0) is 27.9. The first-order valence-corrected chi connectivity index (χ1v) is 14.6. The summed E-state index contributed by atoms with van der Waals surface area (Å²) in [5.41, 5.74) is 2.34. The zero-order valence-electron chi connectivity index (χ0n) is 23.0. The summed E-state index contributed by atoms with van der Waals surface area (Å²) in [6.07, 6.45) is 10.3. The summed E-state index contributed by atoms with van der Waals surface area (Å²) in [6.45, 7) is 5.53. The fraction of sp³-hybridized carbons (Fsp3) is 0.500. The lowest BCUT2D eigenvalue weighted by atomic mass is 9.97. The molecule has 0 bridgehead atoms. The van der Waals surface area contributed by atoms with Gasteiger partial charge in [0.2, 0.25) is 5.91 Å². The molecule has 210 valence electrons.